The van der Waals surface area contributed by atoms with Crippen molar-refractivity contribution in [2.75, 3.05) is 19.6 Å². The Bertz CT molecular complexity index is 1780. The number of phenols is 1. The monoisotopic (exact) mass is 638 g/mol. The van der Waals surface area contributed by atoms with Crippen molar-refractivity contribution in [3.63, 3.8) is 0 Å². The van der Waals surface area contributed by atoms with Crippen LogP contribution in [0.1, 0.15) is 73.1 Å². The number of phenolic OH excluding ortho intramolecular Hbond substituents is 1. The second kappa shape index (κ2) is 11.9. The SMILES string of the molecule is Cc1cc(C)cc(-c2[nH]c3sc(C(C)(C)CC4C5CCC4C(=O)N5)cc3c2[C@H](C)CNC(=O)C2CN(Cc3cccc(O)c3)C2)c1. The number of carbonyl (C=O) groups excluding carboxylic acids is 2. The molecule has 7 nitrogen and oxygen atoms in total. The van der Waals surface area contributed by atoms with Crippen molar-refractivity contribution < 1.29 is 14.7 Å². The topological polar surface area (TPSA) is 97.5 Å². The number of aromatic hydroxyl groups is 1. The van der Waals surface area contributed by atoms with Crippen molar-refractivity contribution in [3.05, 3.63) is 75.7 Å². The fourth-order valence-electron chi connectivity index (χ4n) is 8.31. The smallest absolute Gasteiger partial charge is 0.225 e. The highest BCUT2D eigenvalue weighted by atomic mass is 32.1. The molecule has 8 heteroatoms. The predicted octanol–water partition coefficient (Wildman–Crippen LogP) is 6.76. The Balaban J connectivity index is 1.09. The molecule has 2 bridgehead atoms. The van der Waals surface area contributed by atoms with Gasteiger partial charge in [0, 0.05) is 54.3 Å². The molecule has 2 saturated heterocycles. The highest BCUT2D eigenvalue weighted by Crippen LogP contribution is 2.48. The van der Waals surface area contributed by atoms with Gasteiger partial charge in [0.25, 0.3) is 0 Å². The summed E-state index contributed by atoms with van der Waals surface area (Å²) in [5.74, 6) is 1.29. The average Bonchev–Trinajstić information content (AvgIpc) is 3.72. The average molecular weight is 639 g/mol. The molecule has 3 aliphatic rings. The zero-order chi connectivity index (χ0) is 32.3. The van der Waals surface area contributed by atoms with Gasteiger partial charge in [-0.05, 0) is 91.5 Å². The zero-order valence-electron chi connectivity index (χ0n) is 27.6. The number of piperidine rings is 1. The summed E-state index contributed by atoms with van der Waals surface area (Å²) in [6.07, 6.45) is 3.12. The normalized spacial score (nSPS) is 22.3. The van der Waals surface area contributed by atoms with Crippen LogP contribution in [-0.4, -0.2) is 52.5 Å². The lowest BCUT2D eigenvalue weighted by molar-refractivity contribution is -0.130. The first kappa shape index (κ1) is 31.0. The standard InChI is InChI=1S/C38H46N4O3S/c1-21-11-22(2)13-25(12-21)34-33(23(3)17-39-35(44)26-19-42(20-26)18-24-7-6-8-27(43)14-24)29-15-32(46-37(29)41-34)38(4,5)16-30-28-9-10-31(30)40-36(28)45/h6-8,11-15,23,26,28,30-31,41,43H,9-10,16-20H2,1-5H3,(H,39,44)(H,40,45)/t23-,28?,30?,31?/m1/s1. The van der Waals surface area contributed by atoms with E-state index in [4.69, 9.17) is 0 Å². The largest absolute Gasteiger partial charge is 0.508 e. The van der Waals surface area contributed by atoms with Crippen molar-refractivity contribution in [2.24, 2.45) is 17.8 Å². The van der Waals surface area contributed by atoms with E-state index in [0.717, 1.165) is 50.2 Å². The first-order chi connectivity index (χ1) is 21.9. The highest BCUT2D eigenvalue weighted by Gasteiger charge is 2.49. The third kappa shape index (κ3) is 5.86. The first-order valence-corrected chi connectivity index (χ1v) is 17.6. The molecule has 3 unspecified atom stereocenters. The van der Waals surface area contributed by atoms with Gasteiger partial charge in [-0.25, -0.2) is 0 Å². The maximum atomic E-state index is 13.2. The third-order valence-corrected chi connectivity index (χ3v) is 12.1. The summed E-state index contributed by atoms with van der Waals surface area (Å²) < 4.78 is 0. The lowest BCUT2D eigenvalue weighted by Gasteiger charge is -2.38. The number of rotatable bonds is 10. The number of hydrogen-bond acceptors (Lipinski definition) is 5. The molecule has 1 aliphatic carbocycles. The number of hydrogen-bond donors (Lipinski definition) is 4. The molecule has 242 valence electrons. The third-order valence-electron chi connectivity index (χ3n) is 10.7. The van der Waals surface area contributed by atoms with Gasteiger partial charge in [0.1, 0.15) is 10.6 Å². The number of likely N-dealkylation sites (tertiary alicyclic amines) is 1. The number of benzene rings is 2. The molecule has 1 saturated carbocycles. The molecule has 0 radical (unpaired) electrons. The maximum absolute atomic E-state index is 13.2. The number of aromatic amines is 1. The van der Waals surface area contributed by atoms with Crippen LogP contribution in [0.25, 0.3) is 21.5 Å². The lowest BCUT2D eigenvalue weighted by Crippen LogP contribution is -2.53. The van der Waals surface area contributed by atoms with Crippen LogP contribution in [0, 0.1) is 31.6 Å². The van der Waals surface area contributed by atoms with Crippen LogP contribution in [-0.2, 0) is 21.5 Å². The van der Waals surface area contributed by atoms with E-state index in [2.05, 4.69) is 79.4 Å². The fraction of sp³-hybridized carbons (Fsp3) is 0.474. The molecule has 4 N–H and O–H groups in total. The molecule has 4 atom stereocenters. The molecular formula is C38H46N4O3S. The van der Waals surface area contributed by atoms with E-state index in [0.29, 0.717) is 18.5 Å². The minimum Gasteiger partial charge on any atom is -0.508 e. The number of thiophene rings is 1. The van der Waals surface area contributed by atoms with Crippen LogP contribution >= 0.6 is 11.3 Å². The van der Waals surface area contributed by atoms with Crippen LogP contribution in [0.15, 0.2) is 48.5 Å². The zero-order valence-corrected chi connectivity index (χ0v) is 28.4. The second-order valence-corrected chi connectivity index (χ2v) is 16.0. The number of aryl methyl sites for hydroxylation is 2. The van der Waals surface area contributed by atoms with Gasteiger partial charge in [0.15, 0.2) is 0 Å². The van der Waals surface area contributed by atoms with Crippen molar-refractivity contribution in [1.82, 2.24) is 20.5 Å². The Labute approximate surface area is 275 Å². The van der Waals surface area contributed by atoms with E-state index >= 15 is 0 Å². The number of fused-ring (bicyclic) bond motifs is 3. The van der Waals surface area contributed by atoms with Crippen molar-refractivity contribution >= 4 is 33.4 Å². The molecule has 4 heterocycles. The Kier molecular flexibility index (Phi) is 8.00. The van der Waals surface area contributed by atoms with Gasteiger partial charge in [-0.2, -0.15) is 0 Å². The predicted molar refractivity (Wildman–Crippen MR) is 185 cm³/mol. The Morgan fingerprint density at radius 2 is 1.87 bits per heavy atom. The lowest BCUT2D eigenvalue weighted by atomic mass is 9.77. The molecule has 2 aromatic heterocycles. The molecular weight excluding hydrogens is 593 g/mol. The number of nitrogens with one attached hydrogen (secondary N) is 3. The summed E-state index contributed by atoms with van der Waals surface area (Å²) in [4.78, 5) is 34.2. The second-order valence-electron chi connectivity index (χ2n) is 14.9. The van der Waals surface area contributed by atoms with Crippen molar-refractivity contribution in [2.45, 2.75) is 77.8 Å². The van der Waals surface area contributed by atoms with Crippen molar-refractivity contribution in [3.8, 4) is 17.0 Å². The van der Waals surface area contributed by atoms with Crippen LogP contribution < -0.4 is 10.6 Å². The van der Waals surface area contributed by atoms with E-state index in [-0.39, 0.29) is 40.7 Å². The van der Waals surface area contributed by atoms with Crippen LogP contribution in [0.2, 0.25) is 0 Å². The summed E-state index contributed by atoms with van der Waals surface area (Å²) in [5, 5.41) is 17.5. The number of nitrogens with zero attached hydrogens (tertiary/aromatic N) is 1. The number of amides is 2. The van der Waals surface area contributed by atoms with Crippen LogP contribution in [0.3, 0.4) is 0 Å². The first-order valence-electron chi connectivity index (χ1n) is 16.8. The van der Waals surface area contributed by atoms with Gasteiger partial charge in [-0.3, -0.25) is 14.5 Å². The number of carbonyl (C=O) groups is 2. The molecule has 2 aliphatic heterocycles. The van der Waals surface area contributed by atoms with E-state index in [1.165, 1.54) is 37.3 Å². The number of H-pyrrole nitrogens is 1. The maximum Gasteiger partial charge on any atom is 0.225 e. The van der Waals surface area contributed by atoms with Gasteiger partial charge >= 0.3 is 0 Å². The number of aromatic nitrogens is 1. The van der Waals surface area contributed by atoms with Crippen molar-refractivity contribution in [1.29, 1.82) is 0 Å². The van der Waals surface area contributed by atoms with E-state index in [1.54, 1.807) is 12.1 Å². The summed E-state index contributed by atoms with van der Waals surface area (Å²) in [6, 6.07) is 16.7. The molecule has 0 spiro atoms. The Morgan fingerprint density at radius 1 is 1.11 bits per heavy atom. The molecule has 7 rings (SSSR count). The minimum absolute atomic E-state index is 0.0181. The van der Waals surface area contributed by atoms with E-state index in [1.807, 2.05) is 23.5 Å². The van der Waals surface area contributed by atoms with Gasteiger partial charge in [-0.1, -0.05) is 50.1 Å². The van der Waals surface area contributed by atoms with Gasteiger partial charge in [-0.15, -0.1) is 11.3 Å². The van der Waals surface area contributed by atoms with E-state index in [9.17, 15) is 14.7 Å². The van der Waals surface area contributed by atoms with E-state index < -0.39 is 0 Å². The van der Waals surface area contributed by atoms with Gasteiger partial charge in [0.2, 0.25) is 11.8 Å². The summed E-state index contributed by atoms with van der Waals surface area (Å²) in [5.41, 5.74) is 7.06. The molecule has 2 amide bonds. The molecule has 4 aromatic rings. The Hall–Kier alpha value is -3.62. The summed E-state index contributed by atoms with van der Waals surface area (Å²) >= 11 is 1.84. The summed E-state index contributed by atoms with van der Waals surface area (Å²) in [6.45, 7) is 13.9. The van der Waals surface area contributed by atoms with Gasteiger partial charge < -0.3 is 20.7 Å². The highest BCUT2D eigenvalue weighted by molar-refractivity contribution is 7.18. The minimum atomic E-state index is -0.0499. The fourth-order valence-corrected chi connectivity index (χ4v) is 9.49. The van der Waals surface area contributed by atoms with Gasteiger partial charge in [0.05, 0.1) is 11.6 Å². The Morgan fingerprint density at radius 3 is 2.54 bits per heavy atom. The van der Waals surface area contributed by atoms with Crippen LogP contribution in [0.4, 0.5) is 0 Å². The molecule has 2 aromatic carbocycles. The van der Waals surface area contributed by atoms with Crippen LogP contribution in [0.5, 0.6) is 5.75 Å². The quantitative estimate of drug-likeness (QED) is 0.154. The summed E-state index contributed by atoms with van der Waals surface area (Å²) in [7, 11) is 0. The molecule has 46 heavy (non-hydrogen) atoms. The molecule has 3 fully saturated rings.